The van der Waals surface area contributed by atoms with Gasteiger partial charge in [0, 0.05) is 17.5 Å². The van der Waals surface area contributed by atoms with Gasteiger partial charge in [0.2, 0.25) is 0 Å². The molecule has 132 valence electrons. The van der Waals surface area contributed by atoms with Crippen LogP contribution in [0.2, 0.25) is 0 Å². The summed E-state index contributed by atoms with van der Waals surface area (Å²) in [6.45, 7) is 4.83. The van der Waals surface area contributed by atoms with Crippen LogP contribution in [-0.4, -0.2) is 29.3 Å². The van der Waals surface area contributed by atoms with E-state index in [-0.39, 0.29) is 18.3 Å². The number of fused-ring (bicyclic) bond motifs is 5. The Morgan fingerprint density at radius 3 is 2.81 bits per heavy atom. The molecule has 26 heavy (non-hydrogen) atoms. The maximum atomic E-state index is 4.90. The number of nitrogens with one attached hydrogen (secondary N) is 1. The summed E-state index contributed by atoms with van der Waals surface area (Å²) in [5.41, 5.74) is 5.47. The molecule has 4 aromatic rings. The van der Waals surface area contributed by atoms with Gasteiger partial charge in [-0.2, -0.15) is 5.10 Å². The van der Waals surface area contributed by atoms with Crippen LogP contribution in [0.25, 0.3) is 17.1 Å². The van der Waals surface area contributed by atoms with E-state index in [1.807, 2.05) is 42.3 Å². The molecule has 1 atom stereocenters. The quantitative estimate of drug-likeness (QED) is 0.518. The molecule has 4 heterocycles. The predicted molar refractivity (Wildman–Crippen MR) is 102 cm³/mol. The van der Waals surface area contributed by atoms with Crippen LogP contribution in [0.1, 0.15) is 35.7 Å². The van der Waals surface area contributed by atoms with Crippen LogP contribution in [0, 0.1) is 6.92 Å². The maximum absolute atomic E-state index is 4.90. The normalized spacial score (nSPS) is 13.2. The van der Waals surface area contributed by atoms with Gasteiger partial charge in [-0.15, -0.1) is 12.4 Å². The summed E-state index contributed by atoms with van der Waals surface area (Å²) in [5.74, 6) is 1.86. The molecule has 1 N–H and O–H groups in total. The topological polar surface area (TPSA) is 64.3 Å². The molecule has 0 aliphatic carbocycles. The van der Waals surface area contributed by atoms with E-state index in [2.05, 4.69) is 39.7 Å². The Labute approximate surface area is 157 Å². The van der Waals surface area contributed by atoms with Gasteiger partial charge in [-0.25, -0.2) is 14.6 Å². The molecule has 6 nitrogen and oxygen atoms in total. The smallest absolute Gasteiger partial charge is 0.160 e. The van der Waals surface area contributed by atoms with Crippen molar-refractivity contribution in [2.45, 2.75) is 26.3 Å². The summed E-state index contributed by atoms with van der Waals surface area (Å²) < 4.78 is 4.15. The first-order valence-electron chi connectivity index (χ1n) is 8.43. The van der Waals surface area contributed by atoms with Crippen LogP contribution < -0.4 is 0 Å². The summed E-state index contributed by atoms with van der Waals surface area (Å²) in [5, 5.41) is 4.83. The molecule has 1 aromatic carbocycles. The minimum Gasteiger partial charge on any atom is -0.364 e. The first-order chi connectivity index (χ1) is 12.2. The van der Waals surface area contributed by atoms with Crippen LogP contribution in [0.5, 0.6) is 0 Å². The molecule has 0 radical (unpaired) electrons. The van der Waals surface area contributed by atoms with Gasteiger partial charge < -0.3 is 9.55 Å². The minimum absolute atomic E-state index is 0. The van der Waals surface area contributed by atoms with Crippen molar-refractivity contribution in [1.82, 2.24) is 29.3 Å². The van der Waals surface area contributed by atoms with Crippen LogP contribution in [0.4, 0.5) is 0 Å². The number of benzene rings is 1. The largest absolute Gasteiger partial charge is 0.364 e. The van der Waals surface area contributed by atoms with Crippen molar-refractivity contribution in [2.24, 2.45) is 0 Å². The Morgan fingerprint density at radius 2 is 2.00 bits per heavy atom. The molecule has 5 rings (SSSR count). The van der Waals surface area contributed by atoms with E-state index in [4.69, 9.17) is 10.1 Å². The first-order valence-corrected chi connectivity index (χ1v) is 8.43. The van der Waals surface area contributed by atoms with Crippen LogP contribution in [0.3, 0.4) is 0 Å². The second kappa shape index (κ2) is 6.14. The van der Waals surface area contributed by atoms with E-state index in [9.17, 15) is 0 Å². The fourth-order valence-electron chi connectivity index (χ4n) is 3.48. The summed E-state index contributed by atoms with van der Waals surface area (Å²) >= 11 is 0. The summed E-state index contributed by atoms with van der Waals surface area (Å²) in [6.07, 6.45) is 3.82. The molecule has 1 unspecified atom stereocenters. The van der Waals surface area contributed by atoms with Gasteiger partial charge in [0.15, 0.2) is 11.6 Å². The lowest BCUT2D eigenvalue weighted by molar-refractivity contribution is 0.651. The van der Waals surface area contributed by atoms with Gasteiger partial charge in [-0.05, 0) is 38.1 Å². The third-order valence-electron chi connectivity index (χ3n) is 4.94. The average Bonchev–Trinajstić information content (AvgIpc) is 3.35. The van der Waals surface area contributed by atoms with Crippen molar-refractivity contribution in [3.05, 3.63) is 71.8 Å². The van der Waals surface area contributed by atoms with E-state index < -0.39 is 0 Å². The number of para-hydroxylation sites is 1. The Morgan fingerprint density at radius 1 is 1.15 bits per heavy atom. The van der Waals surface area contributed by atoms with E-state index >= 15 is 0 Å². The van der Waals surface area contributed by atoms with E-state index in [1.165, 1.54) is 0 Å². The molecule has 1 aliphatic heterocycles. The molecular weight excluding hydrogens is 348 g/mol. The monoisotopic (exact) mass is 366 g/mol. The van der Waals surface area contributed by atoms with Crippen molar-refractivity contribution < 1.29 is 0 Å². The summed E-state index contributed by atoms with van der Waals surface area (Å²) in [7, 11) is 0. The number of hydrogen-bond donors (Lipinski definition) is 1. The molecule has 0 fully saturated rings. The lowest BCUT2D eigenvalue weighted by atomic mass is 10.1. The van der Waals surface area contributed by atoms with Gasteiger partial charge in [-0.1, -0.05) is 12.1 Å². The van der Waals surface area contributed by atoms with Gasteiger partial charge in [0.05, 0.1) is 35.9 Å². The van der Waals surface area contributed by atoms with Crippen molar-refractivity contribution in [2.75, 3.05) is 0 Å². The molecule has 0 saturated carbocycles. The Hall–Kier alpha value is -2.86. The number of aromatic nitrogens is 6. The number of H-pyrrole nitrogens is 1. The number of halogens is 1. The Kier molecular flexibility index (Phi) is 3.92. The Bertz CT molecular complexity index is 1060. The predicted octanol–water partition coefficient (Wildman–Crippen LogP) is 3.70. The lowest BCUT2D eigenvalue weighted by Gasteiger charge is -2.08. The molecule has 0 bridgehead atoms. The second-order valence-corrected chi connectivity index (χ2v) is 6.46. The van der Waals surface area contributed by atoms with Gasteiger partial charge >= 0.3 is 0 Å². The SMILES string of the molecule is Cc1ncn2c1Cn1nc(C(C)c3ccc[nH]3)nc1-c1ccccc1-2.Cl. The second-order valence-electron chi connectivity index (χ2n) is 6.46. The molecule has 7 heteroatoms. The number of hydrogen-bond acceptors (Lipinski definition) is 3. The highest BCUT2D eigenvalue weighted by Gasteiger charge is 2.25. The van der Waals surface area contributed by atoms with E-state index in [1.54, 1.807) is 0 Å². The van der Waals surface area contributed by atoms with E-state index in [0.29, 0.717) is 6.54 Å². The van der Waals surface area contributed by atoms with Crippen LogP contribution >= 0.6 is 12.4 Å². The average molecular weight is 367 g/mol. The van der Waals surface area contributed by atoms with Crippen LogP contribution in [0.15, 0.2) is 48.9 Å². The van der Waals surface area contributed by atoms with Gasteiger partial charge in [0.1, 0.15) is 0 Å². The third-order valence-corrected chi connectivity index (χ3v) is 4.94. The van der Waals surface area contributed by atoms with Crippen molar-refractivity contribution in [1.29, 1.82) is 0 Å². The summed E-state index contributed by atoms with van der Waals surface area (Å²) in [4.78, 5) is 12.7. The number of rotatable bonds is 2. The lowest BCUT2D eigenvalue weighted by Crippen LogP contribution is -2.07. The first kappa shape index (κ1) is 16.6. The van der Waals surface area contributed by atoms with Crippen molar-refractivity contribution >= 4 is 12.4 Å². The fourth-order valence-corrected chi connectivity index (χ4v) is 3.48. The van der Waals surface area contributed by atoms with E-state index in [0.717, 1.165) is 40.0 Å². The number of aryl methyl sites for hydroxylation is 1. The van der Waals surface area contributed by atoms with Crippen LogP contribution in [-0.2, 0) is 6.54 Å². The molecule has 0 spiro atoms. The number of nitrogens with zero attached hydrogens (tertiary/aromatic N) is 5. The highest BCUT2D eigenvalue weighted by Crippen LogP contribution is 2.32. The minimum atomic E-state index is 0. The highest BCUT2D eigenvalue weighted by molar-refractivity contribution is 5.85. The highest BCUT2D eigenvalue weighted by atomic mass is 35.5. The zero-order chi connectivity index (χ0) is 17.0. The molecule has 3 aromatic heterocycles. The zero-order valence-electron chi connectivity index (χ0n) is 14.5. The Balaban J connectivity index is 0.00000168. The zero-order valence-corrected chi connectivity index (χ0v) is 15.4. The molecule has 1 aliphatic rings. The van der Waals surface area contributed by atoms with Gasteiger partial charge in [0.25, 0.3) is 0 Å². The fraction of sp³-hybridized carbons (Fsp3) is 0.211. The maximum Gasteiger partial charge on any atom is 0.160 e. The molecule has 0 amide bonds. The van der Waals surface area contributed by atoms with Gasteiger partial charge in [-0.3, -0.25) is 0 Å². The molecule has 0 saturated heterocycles. The van der Waals surface area contributed by atoms with Crippen molar-refractivity contribution in [3.8, 4) is 17.1 Å². The number of imidazole rings is 1. The molecular formula is C19H19ClN6. The number of aromatic amines is 1. The standard InChI is InChI=1S/C19H18N6.ClH/c1-12(15-7-5-9-20-15)18-22-19-14-6-3-4-8-16(14)24-11-21-13(2)17(24)10-25(19)23-18;/h3-9,11-12,20H,10H2,1-2H3;1H. The van der Waals surface area contributed by atoms with Crippen molar-refractivity contribution in [3.63, 3.8) is 0 Å². The third kappa shape index (κ3) is 2.37. The summed E-state index contributed by atoms with van der Waals surface area (Å²) in [6, 6.07) is 12.4.